The number of anilines is 1. The van der Waals surface area contributed by atoms with Gasteiger partial charge in [-0.15, -0.1) is 0 Å². The molecular weight excluding hydrogens is 364 g/mol. The fourth-order valence-corrected chi connectivity index (χ4v) is 3.77. The van der Waals surface area contributed by atoms with Crippen LogP contribution in [0.1, 0.15) is 17.3 Å². The highest BCUT2D eigenvalue weighted by Crippen LogP contribution is 2.29. The molecule has 0 aromatic heterocycles. The smallest absolute Gasteiger partial charge is 0.412 e. The van der Waals surface area contributed by atoms with Crippen LogP contribution < -0.4 is 10.0 Å². The topological polar surface area (TPSA) is 120 Å². The van der Waals surface area contributed by atoms with E-state index in [2.05, 4.69) is 10.0 Å². The number of nitrogens with one attached hydrogen (secondary N) is 2. The molecule has 2 aliphatic rings. The molecule has 4 atom stereocenters. The Kier molecular flexibility index (Phi) is 5.28. The summed E-state index contributed by atoms with van der Waals surface area (Å²) in [5, 5.41) is 2.57. The molecule has 2 saturated heterocycles. The minimum absolute atomic E-state index is 0.0658. The van der Waals surface area contributed by atoms with Gasteiger partial charge in [-0.3, -0.25) is 10.1 Å². The highest BCUT2D eigenvalue weighted by molar-refractivity contribution is 7.88. The maximum Gasteiger partial charge on any atom is 0.412 e. The van der Waals surface area contributed by atoms with Gasteiger partial charge in [-0.05, 0) is 31.2 Å². The van der Waals surface area contributed by atoms with Gasteiger partial charge in [-0.1, -0.05) is 0 Å². The molecule has 0 bridgehead atoms. The lowest BCUT2D eigenvalue weighted by molar-refractivity contribution is 0.00884. The second-order valence-corrected chi connectivity index (χ2v) is 8.07. The van der Waals surface area contributed by atoms with Crippen molar-refractivity contribution in [3.05, 3.63) is 29.8 Å². The molecule has 4 unspecified atom stereocenters. The highest BCUT2D eigenvalue weighted by atomic mass is 32.2. The number of carbonyl (C=O) groups is 2. The van der Waals surface area contributed by atoms with Crippen molar-refractivity contribution in [2.75, 3.05) is 24.8 Å². The van der Waals surface area contributed by atoms with Gasteiger partial charge in [-0.25, -0.2) is 17.9 Å². The molecule has 0 saturated carbocycles. The van der Waals surface area contributed by atoms with Crippen molar-refractivity contribution in [1.29, 1.82) is 0 Å². The number of sulfonamides is 1. The third-order valence-electron chi connectivity index (χ3n) is 4.17. The summed E-state index contributed by atoms with van der Waals surface area (Å²) < 4.78 is 41.6. The van der Waals surface area contributed by atoms with E-state index in [-0.39, 0.29) is 19.0 Å². The number of ketones is 1. The Morgan fingerprint density at radius 2 is 1.77 bits per heavy atom. The standard InChI is InChI=1S/C16H20N2O7S/c1-9(19)10-3-5-11(6-4-10)17-16(20)25-13-8-24-14-12(7-23-15(13)14)18-26(2,21)22/h3-6,12-15,18H,7-8H2,1-2H3,(H,17,20). The van der Waals surface area contributed by atoms with Crippen LogP contribution in [-0.4, -0.2) is 64.1 Å². The second kappa shape index (κ2) is 7.31. The van der Waals surface area contributed by atoms with Crippen LogP contribution >= 0.6 is 0 Å². The fraction of sp³-hybridized carbons (Fsp3) is 0.500. The molecular formula is C16H20N2O7S. The first-order valence-corrected chi connectivity index (χ1v) is 9.91. The Hall–Kier alpha value is -2.01. The van der Waals surface area contributed by atoms with Crippen LogP contribution in [-0.2, 0) is 24.2 Å². The van der Waals surface area contributed by atoms with E-state index in [1.165, 1.54) is 6.92 Å². The van der Waals surface area contributed by atoms with Crippen LogP contribution in [0.4, 0.5) is 10.5 Å². The van der Waals surface area contributed by atoms with E-state index in [4.69, 9.17) is 14.2 Å². The number of ether oxygens (including phenoxy) is 3. The summed E-state index contributed by atoms with van der Waals surface area (Å²) in [6.07, 6.45) is -1.29. The summed E-state index contributed by atoms with van der Waals surface area (Å²) >= 11 is 0. The quantitative estimate of drug-likeness (QED) is 0.710. The molecule has 0 spiro atoms. The molecule has 2 N–H and O–H groups in total. The van der Waals surface area contributed by atoms with Gasteiger partial charge in [0.05, 0.1) is 25.5 Å². The van der Waals surface area contributed by atoms with Crippen molar-refractivity contribution in [2.24, 2.45) is 0 Å². The van der Waals surface area contributed by atoms with Crippen molar-refractivity contribution < 1.29 is 32.2 Å². The summed E-state index contributed by atoms with van der Waals surface area (Å²) in [6.45, 7) is 1.73. The van der Waals surface area contributed by atoms with Gasteiger partial charge >= 0.3 is 6.09 Å². The zero-order chi connectivity index (χ0) is 18.9. The minimum Gasteiger partial charge on any atom is -0.441 e. The maximum absolute atomic E-state index is 12.1. The van der Waals surface area contributed by atoms with Gasteiger partial charge in [0.15, 0.2) is 11.9 Å². The molecule has 3 rings (SSSR count). The van der Waals surface area contributed by atoms with Crippen molar-refractivity contribution in [3.63, 3.8) is 0 Å². The summed E-state index contributed by atoms with van der Waals surface area (Å²) in [6, 6.07) is 5.90. The van der Waals surface area contributed by atoms with Crippen molar-refractivity contribution in [1.82, 2.24) is 4.72 Å². The van der Waals surface area contributed by atoms with Crippen LogP contribution in [0, 0.1) is 0 Å². The minimum atomic E-state index is -3.39. The van der Waals surface area contributed by atoms with Crippen molar-refractivity contribution in [2.45, 2.75) is 31.3 Å². The Morgan fingerprint density at radius 1 is 1.12 bits per heavy atom. The van der Waals surface area contributed by atoms with Gasteiger partial charge in [0.1, 0.15) is 12.2 Å². The summed E-state index contributed by atoms with van der Waals surface area (Å²) in [5.74, 6) is -0.0658. The van der Waals surface area contributed by atoms with Crippen molar-refractivity contribution >= 4 is 27.6 Å². The van der Waals surface area contributed by atoms with Gasteiger partial charge in [-0.2, -0.15) is 0 Å². The second-order valence-electron chi connectivity index (χ2n) is 6.29. The number of carbonyl (C=O) groups excluding carboxylic acids is 2. The number of hydrogen-bond acceptors (Lipinski definition) is 7. The number of fused-ring (bicyclic) bond motifs is 1. The molecule has 1 aromatic carbocycles. The maximum atomic E-state index is 12.1. The molecule has 0 aliphatic carbocycles. The molecule has 26 heavy (non-hydrogen) atoms. The number of Topliss-reactive ketones (excluding diaryl/α,β-unsaturated/α-hetero) is 1. The van der Waals surface area contributed by atoms with Crippen LogP contribution in [0.2, 0.25) is 0 Å². The predicted molar refractivity (Wildman–Crippen MR) is 91.6 cm³/mol. The number of benzene rings is 1. The number of rotatable bonds is 5. The lowest BCUT2D eigenvalue weighted by atomic mass is 10.1. The SMILES string of the molecule is CC(=O)c1ccc(NC(=O)OC2COC3C(NS(C)(=O)=O)COC23)cc1. The zero-order valence-electron chi connectivity index (χ0n) is 14.3. The average molecular weight is 384 g/mol. The van der Waals surface area contributed by atoms with Gasteiger partial charge in [0.25, 0.3) is 0 Å². The van der Waals surface area contributed by atoms with E-state index in [0.29, 0.717) is 11.3 Å². The third kappa shape index (κ3) is 4.39. The highest BCUT2D eigenvalue weighted by Gasteiger charge is 2.50. The Balaban J connectivity index is 1.55. The lowest BCUT2D eigenvalue weighted by Crippen LogP contribution is -2.44. The first-order valence-electron chi connectivity index (χ1n) is 8.02. The first kappa shape index (κ1) is 18.8. The molecule has 1 amide bonds. The fourth-order valence-electron chi connectivity index (χ4n) is 3.01. The Labute approximate surface area is 151 Å². The molecule has 9 nitrogen and oxygen atoms in total. The van der Waals surface area contributed by atoms with Crippen LogP contribution in [0.15, 0.2) is 24.3 Å². The largest absolute Gasteiger partial charge is 0.441 e. The molecule has 1 aromatic rings. The zero-order valence-corrected chi connectivity index (χ0v) is 15.1. The van der Waals surface area contributed by atoms with Crippen LogP contribution in [0.3, 0.4) is 0 Å². The summed E-state index contributed by atoms with van der Waals surface area (Å²) in [7, 11) is -3.39. The van der Waals surface area contributed by atoms with Gasteiger partial charge in [0, 0.05) is 11.3 Å². The van der Waals surface area contributed by atoms with E-state index in [1.54, 1.807) is 24.3 Å². The predicted octanol–water partition coefficient (Wildman–Crippen LogP) is 0.522. The Morgan fingerprint density at radius 3 is 2.38 bits per heavy atom. The number of hydrogen-bond donors (Lipinski definition) is 2. The van der Waals surface area contributed by atoms with Gasteiger partial charge in [0.2, 0.25) is 10.0 Å². The molecule has 142 valence electrons. The molecule has 2 aliphatic heterocycles. The van der Waals surface area contributed by atoms with E-state index >= 15 is 0 Å². The summed E-state index contributed by atoms with van der Waals surface area (Å²) in [5.41, 5.74) is 1.03. The van der Waals surface area contributed by atoms with E-state index in [1.807, 2.05) is 0 Å². The third-order valence-corrected chi connectivity index (χ3v) is 4.90. The summed E-state index contributed by atoms with van der Waals surface area (Å²) in [4.78, 5) is 23.3. The molecule has 2 heterocycles. The normalized spacial score (nSPS) is 27.8. The van der Waals surface area contributed by atoms with Crippen molar-refractivity contribution in [3.8, 4) is 0 Å². The van der Waals surface area contributed by atoms with E-state index < -0.39 is 40.5 Å². The molecule has 2 fully saturated rings. The number of amides is 1. The van der Waals surface area contributed by atoms with Crippen LogP contribution in [0.5, 0.6) is 0 Å². The Bertz CT molecular complexity index is 793. The molecule has 10 heteroatoms. The lowest BCUT2D eigenvalue weighted by Gasteiger charge is -2.17. The first-order chi connectivity index (χ1) is 12.2. The average Bonchev–Trinajstić information content (AvgIpc) is 3.10. The van der Waals surface area contributed by atoms with Gasteiger partial charge < -0.3 is 14.2 Å². The van der Waals surface area contributed by atoms with Crippen LogP contribution in [0.25, 0.3) is 0 Å². The van der Waals surface area contributed by atoms with E-state index in [9.17, 15) is 18.0 Å². The molecule has 0 radical (unpaired) electrons. The van der Waals surface area contributed by atoms with E-state index in [0.717, 1.165) is 6.26 Å². The monoisotopic (exact) mass is 384 g/mol.